The summed E-state index contributed by atoms with van der Waals surface area (Å²) < 4.78 is 5.44. The molecule has 0 fully saturated rings. The van der Waals surface area contributed by atoms with Gasteiger partial charge in [-0.3, -0.25) is 0 Å². The first kappa shape index (κ1) is 16.5. The van der Waals surface area contributed by atoms with Crippen molar-refractivity contribution in [3.8, 4) is 5.75 Å². The van der Waals surface area contributed by atoms with E-state index in [1.807, 2.05) is 0 Å². The predicted molar refractivity (Wildman–Crippen MR) is 77.2 cm³/mol. The maximum atomic E-state index is 11.0. The zero-order valence-electron chi connectivity index (χ0n) is 12.0. The molecule has 1 atom stereocenters. The highest BCUT2D eigenvalue weighted by Gasteiger charge is 2.10. The largest absolute Gasteiger partial charge is 0.491 e. The Labute approximate surface area is 119 Å². The molecule has 1 unspecified atom stereocenters. The minimum atomic E-state index is -0.999. The number of carbonyl (C=O) groups is 1. The van der Waals surface area contributed by atoms with Crippen molar-refractivity contribution in [2.75, 3.05) is 19.7 Å². The molecule has 0 heterocycles. The van der Waals surface area contributed by atoms with Crippen LogP contribution in [0.25, 0.3) is 0 Å². The standard InChI is InChI=1S/C15H23NO4/c1-11(2)9-12(17)10-16-7-8-20-14-6-4-3-5-13(14)15(18)19/h3-6,11-12,16-17H,7-10H2,1-2H3,(H,18,19). The molecule has 0 bridgehead atoms. The summed E-state index contributed by atoms with van der Waals surface area (Å²) in [6.07, 6.45) is 0.400. The van der Waals surface area contributed by atoms with Crippen LogP contribution >= 0.6 is 0 Å². The smallest absolute Gasteiger partial charge is 0.339 e. The molecular formula is C15H23NO4. The fourth-order valence-electron chi connectivity index (χ4n) is 1.90. The lowest BCUT2D eigenvalue weighted by molar-refractivity contribution is 0.0692. The predicted octanol–water partition coefficient (Wildman–Crippen LogP) is 1.76. The zero-order chi connectivity index (χ0) is 15.0. The topological polar surface area (TPSA) is 78.8 Å². The fourth-order valence-corrected chi connectivity index (χ4v) is 1.90. The molecule has 0 aliphatic rings. The summed E-state index contributed by atoms with van der Waals surface area (Å²) in [5.74, 6) is -0.170. The Kier molecular flexibility index (Phi) is 7.04. The van der Waals surface area contributed by atoms with Crippen LogP contribution in [0.3, 0.4) is 0 Å². The molecule has 20 heavy (non-hydrogen) atoms. The molecule has 5 nitrogen and oxygen atoms in total. The van der Waals surface area contributed by atoms with Crippen LogP contribution in [-0.2, 0) is 0 Å². The Morgan fingerprint density at radius 2 is 2.05 bits per heavy atom. The number of carboxylic acid groups (broad SMARTS) is 1. The van der Waals surface area contributed by atoms with Crippen LogP contribution in [0.15, 0.2) is 24.3 Å². The summed E-state index contributed by atoms with van der Waals surface area (Å²) >= 11 is 0. The number of aliphatic hydroxyl groups is 1. The van der Waals surface area contributed by atoms with Crippen LogP contribution in [0.2, 0.25) is 0 Å². The Bertz CT molecular complexity index is 420. The minimum Gasteiger partial charge on any atom is -0.491 e. The number of carboxylic acids is 1. The molecule has 1 aromatic carbocycles. The van der Waals surface area contributed by atoms with Gasteiger partial charge in [0.15, 0.2) is 0 Å². The molecule has 112 valence electrons. The SMILES string of the molecule is CC(C)CC(O)CNCCOc1ccccc1C(=O)O. The van der Waals surface area contributed by atoms with Crippen molar-refractivity contribution in [1.29, 1.82) is 0 Å². The lowest BCUT2D eigenvalue weighted by Gasteiger charge is -2.14. The normalized spacial score (nSPS) is 12.4. The summed E-state index contributed by atoms with van der Waals surface area (Å²) in [5, 5.41) is 21.8. The van der Waals surface area contributed by atoms with E-state index in [-0.39, 0.29) is 11.7 Å². The molecule has 0 aromatic heterocycles. The van der Waals surface area contributed by atoms with E-state index in [9.17, 15) is 9.90 Å². The summed E-state index contributed by atoms with van der Waals surface area (Å²) in [7, 11) is 0. The highest BCUT2D eigenvalue weighted by molar-refractivity contribution is 5.90. The van der Waals surface area contributed by atoms with Crippen molar-refractivity contribution in [2.45, 2.75) is 26.4 Å². The van der Waals surface area contributed by atoms with E-state index in [0.29, 0.717) is 31.4 Å². The van der Waals surface area contributed by atoms with E-state index < -0.39 is 5.97 Å². The van der Waals surface area contributed by atoms with E-state index in [0.717, 1.165) is 6.42 Å². The maximum absolute atomic E-state index is 11.0. The van der Waals surface area contributed by atoms with E-state index in [2.05, 4.69) is 19.2 Å². The van der Waals surface area contributed by atoms with Gasteiger partial charge < -0.3 is 20.3 Å². The number of para-hydroxylation sites is 1. The van der Waals surface area contributed by atoms with Gasteiger partial charge in [-0.25, -0.2) is 4.79 Å². The molecular weight excluding hydrogens is 258 g/mol. The van der Waals surface area contributed by atoms with Gasteiger partial charge in [-0.05, 0) is 24.5 Å². The van der Waals surface area contributed by atoms with Gasteiger partial charge in [0.2, 0.25) is 0 Å². The van der Waals surface area contributed by atoms with Crippen LogP contribution in [0.5, 0.6) is 5.75 Å². The number of nitrogens with one attached hydrogen (secondary N) is 1. The molecule has 0 aliphatic carbocycles. The molecule has 0 amide bonds. The number of rotatable bonds is 9. The van der Waals surface area contributed by atoms with Crippen LogP contribution < -0.4 is 10.1 Å². The van der Waals surface area contributed by atoms with Crippen LogP contribution in [0.1, 0.15) is 30.6 Å². The van der Waals surface area contributed by atoms with Gasteiger partial charge in [0, 0.05) is 13.1 Å². The van der Waals surface area contributed by atoms with Gasteiger partial charge in [0.1, 0.15) is 17.9 Å². The van der Waals surface area contributed by atoms with E-state index in [1.165, 1.54) is 6.07 Å². The van der Waals surface area contributed by atoms with Crippen molar-refractivity contribution >= 4 is 5.97 Å². The summed E-state index contributed by atoms with van der Waals surface area (Å²) in [6.45, 7) is 5.56. The lowest BCUT2D eigenvalue weighted by atomic mass is 10.1. The van der Waals surface area contributed by atoms with Crippen LogP contribution in [-0.4, -0.2) is 42.0 Å². The Morgan fingerprint density at radius 3 is 2.70 bits per heavy atom. The molecule has 3 N–H and O–H groups in total. The first-order valence-corrected chi connectivity index (χ1v) is 6.84. The van der Waals surface area contributed by atoms with Gasteiger partial charge in [0.05, 0.1) is 6.10 Å². The van der Waals surface area contributed by atoms with Crippen molar-refractivity contribution < 1.29 is 19.7 Å². The molecule has 0 saturated heterocycles. The maximum Gasteiger partial charge on any atom is 0.339 e. The number of benzene rings is 1. The third kappa shape index (κ3) is 6.04. The second-order valence-electron chi connectivity index (χ2n) is 5.14. The third-order valence-electron chi connectivity index (χ3n) is 2.78. The van der Waals surface area contributed by atoms with Crippen molar-refractivity contribution in [3.05, 3.63) is 29.8 Å². The molecule has 0 aliphatic heterocycles. The Balaban J connectivity index is 2.26. The van der Waals surface area contributed by atoms with Gasteiger partial charge in [-0.2, -0.15) is 0 Å². The van der Waals surface area contributed by atoms with E-state index >= 15 is 0 Å². The van der Waals surface area contributed by atoms with E-state index in [1.54, 1.807) is 18.2 Å². The Morgan fingerprint density at radius 1 is 1.35 bits per heavy atom. The molecule has 0 saturated carbocycles. The van der Waals surface area contributed by atoms with Crippen LogP contribution in [0.4, 0.5) is 0 Å². The monoisotopic (exact) mass is 281 g/mol. The fraction of sp³-hybridized carbons (Fsp3) is 0.533. The second-order valence-corrected chi connectivity index (χ2v) is 5.14. The zero-order valence-corrected chi connectivity index (χ0v) is 12.0. The molecule has 5 heteroatoms. The molecule has 1 aromatic rings. The molecule has 0 spiro atoms. The minimum absolute atomic E-state index is 0.160. The summed E-state index contributed by atoms with van der Waals surface area (Å²) in [5.41, 5.74) is 0.160. The quantitative estimate of drug-likeness (QED) is 0.601. The van der Waals surface area contributed by atoms with Crippen LogP contribution in [0, 0.1) is 5.92 Å². The number of hydrogen-bond acceptors (Lipinski definition) is 4. The van der Waals surface area contributed by atoms with Gasteiger partial charge in [0.25, 0.3) is 0 Å². The molecule has 0 radical (unpaired) electrons. The number of aromatic carboxylic acids is 1. The highest BCUT2D eigenvalue weighted by atomic mass is 16.5. The lowest BCUT2D eigenvalue weighted by Crippen LogP contribution is -2.31. The highest BCUT2D eigenvalue weighted by Crippen LogP contribution is 2.17. The van der Waals surface area contributed by atoms with Gasteiger partial charge in [-0.15, -0.1) is 0 Å². The van der Waals surface area contributed by atoms with Gasteiger partial charge in [-0.1, -0.05) is 26.0 Å². The van der Waals surface area contributed by atoms with Gasteiger partial charge >= 0.3 is 5.97 Å². The summed E-state index contributed by atoms with van der Waals surface area (Å²) in [6, 6.07) is 6.55. The van der Waals surface area contributed by atoms with E-state index in [4.69, 9.17) is 9.84 Å². The average molecular weight is 281 g/mol. The second kappa shape index (κ2) is 8.55. The number of ether oxygens (including phenoxy) is 1. The third-order valence-corrected chi connectivity index (χ3v) is 2.78. The number of hydrogen-bond donors (Lipinski definition) is 3. The Hall–Kier alpha value is -1.59. The average Bonchev–Trinajstić information content (AvgIpc) is 2.37. The summed E-state index contributed by atoms with van der Waals surface area (Å²) in [4.78, 5) is 11.0. The van der Waals surface area contributed by atoms with Crippen molar-refractivity contribution in [3.63, 3.8) is 0 Å². The van der Waals surface area contributed by atoms with Crippen molar-refractivity contribution in [2.24, 2.45) is 5.92 Å². The first-order chi connectivity index (χ1) is 9.50. The van der Waals surface area contributed by atoms with Crippen molar-refractivity contribution in [1.82, 2.24) is 5.32 Å². The molecule has 1 rings (SSSR count). The first-order valence-electron chi connectivity index (χ1n) is 6.84. The number of aliphatic hydroxyl groups excluding tert-OH is 1.